The minimum atomic E-state index is -0.0363. The van der Waals surface area contributed by atoms with Gasteiger partial charge in [0.05, 0.1) is 13.3 Å². The molecule has 0 saturated heterocycles. The molecule has 1 aromatic rings. The van der Waals surface area contributed by atoms with E-state index in [1.165, 1.54) is 25.7 Å². The third kappa shape index (κ3) is 7.59. The van der Waals surface area contributed by atoms with Crippen molar-refractivity contribution in [2.24, 2.45) is 5.10 Å². The molecule has 122 valence electrons. The van der Waals surface area contributed by atoms with Gasteiger partial charge in [0, 0.05) is 16.5 Å². The van der Waals surface area contributed by atoms with Crippen LogP contribution < -0.4 is 10.2 Å². The second-order valence-electron chi connectivity index (χ2n) is 5.20. The first-order valence-corrected chi connectivity index (χ1v) is 8.62. The summed E-state index contributed by atoms with van der Waals surface area (Å²) in [6.45, 7) is 2.20. The lowest BCUT2D eigenvalue weighted by atomic mass is 10.1. The molecule has 0 saturated carbocycles. The molecule has 4 nitrogen and oxygen atoms in total. The van der Waals surface area contributed by atoms with Crippen LogP contribution in [0.3, 0.4) is 0 Å². The smallest absolute Gasteiger partial charge is 0.240 e. The van der Waals surface area contributed by atoms with Gasteiger partial charge in [-0.3, -0.25) is 4.79 Å². The Labute approximate surface area is 141 Å². The van der Waals surface area contributed by atoms with Crippen LogP contribution in [-0.4, -0.2) is 19.2 Å². The van der Waals surface area contributed by atoms with Crippen LogP contribution in [0.5, 0.6) is 5.75 Å². The van der Waals surface area contributed by atoms with Crippen LogP contribution >= 0.6 is 15.9 Å². The van der Waals surface area contributed by atoms with Crippen molar-refractivity contribution in [3.05, 3.63) is 28.2 Å². The summed E-state index contributed by atoms with van der Waals surface area (Å²) in [6.07, 6.45) is 9.18. The highest BCUT2D eigenvalue weighted by molar-refractivity contribution is 9.10. The molecule has 5 heteroatoms. The molecule has 0 bridgehead atoms. The van der Waals surface area contributed by atoms with Crippen LogP contribution in [0, 0.1) is 0 Å². The fourth-order valence-corrected chi connectivity index (χ4v) is 2.39. The lowest BCUT2D eigenvalue weighted by Crippen LogP contribution is -2.16. The second kappa shape index (κ2) is 11.2. The van der Waals surface area contributed by atoms with E-state index in [1.807, 2.05) is 18.2 Å². The van der Waals surface area contributed by atoms with Crippen LogP contribution in [-0.2, 0) is 4.79 Å². The second-order valence-corrected chi connectivity index (χ2v) is 6.05. The topological polar surface area (TPSA) is 50.7 Å². The Balaban J connectivity index is 2.28. The Hall–Kier alpha value is -1.36. The van der Waals surface area contributed by atoms with E-state index in [9.17, 15) is 4.79 Å². The molecular formula is C17H25BrN2O2. The number of nitrogens with zero attached hydrogens (tertiary/aromatic N) is 1. The van der Waals surface area contributed by atoms with Crippen LogP contribution in [0.1, 0.15) is 57.4 Å². The average Bonchev–Trinajstić information content (AvgIpc) is 2.52. The van der Waals surface area contributed by atoms with E-state index in [2.05, 4.69) is 33.4 Å². The van der Waals surface area contributed by atoms with Crippen molar-refractivity contribution in [1.82, 2.24) is 5.43 Å². The van der Waals surface area contributed by atoms with E-state index < -0.39 is 0 Å². The quantitative estimate of drug-likeness (QED) is 0.371. The standard InChI is InChI=1S/C17H25BrN2O2/c1-3-4-5-6-7-8-9-17(21)20-19-13-14-12-15(22-2)10-11-16(14)18/h10-13H,3-9H2,1-2H3,(H,20,21). The van der Waals surface area contributed by atoms with Gasteiger partial charge in [0.2, 0.25) is 5.91 Å². The van der Waals surface area contributed by atoms with Crippen molar-refractivity contribution in [2.75, 3.05) is 7.11 Å². The summed E-state index contributed by atoms with van der Waals surface area (Å²) in [5.41, 5.74) is 3.43. The molecule has 0 radical (unpaired) electrons. The van der Waals surface area contributed by atoms with Gasteiger partial charge in [0.25, 0.3) is 0 Å². The summed E-state index contributed by atoms with van der Waals surface area (Å²) in [4.78, 5) is 11.7. The van der Waals surface area contributed by atoms with Gasteiger partial charge in [0.1, 0.15) is 5.75 Å². The van der Waals surface area contributed by atoms with Gasteiger partial charge in [0.15, 0.2) is 0 Å². The molecule has 0 fully saturated rings. The van der Waals surface area contributed by atoms with Crippen LogP contribution in [0.15, 0.2) is 27.8 Å². The number of methoxy groups -OCH3 is 1. The third-order valence-electron chi connectivity index (χ3n) is 3.35. The van der Waals surface area contributed by atoms with E-state index in [-0.39, 0.29) is 5.91 Å². The zero-order chi connectivity index (χ0) is 16.2. The molecule has 0 unspecified atom stereocenters. The van der Waals surface area contributed by atoms with Crippen LogP contribution in [0.25, 0.3) is 0 Å². The number of hydrazone groups is 1. The molecule has 0 atom stereocenters. The Morgan fingerprint density at radius 3 is 2.73 bits per heavy atom. The first kappa shape index (κ1) is 18.7. The number of hydrogen-bond donors (Lipinski definition) is 1. The normalized spacial score (nSPS) is 10.9. The summed E-state index contributed by atoms with van der Waals surface area (Å²) in [7, 11) is 1.62. The number of carbonyl (C=O) groups is 1. The van der Waals surface area contributed by atoms with E-state index in [0.717, 1.165) is 28.6 Å². The van der Waals surface area contributed by atoms with E-state index in [4.69, 9.17) is 4.74 Å². The number of halogens is 1. The lowest BCUT2D eigenvalue weighted by Gasteiger charge is -2.03. The first-order valence-electron chi connectivity index (χ1n) is 7.82. The third-order valence-corrected chi connectivity index (χ3v) is 4.08. The maximum atomic E-state index is 11.7. The fraction of sp³-hybridized carbons (Fsp3) is 0.529. The van der Waals surface area contributed by atoms with Gasteiger partial charge in [-0.1, -0.05) is 55.0 Å². The highest BCUT2D eigenvalue weighted by Gasteiger charge is 2.01. The van der Waals surface area contributed by atoms with Gasteiger partial charge < -0.3 is 4.74 Å². The van der Waals surface area contributed by atoms with Gasteiger partial charge >= 0.3 is 0 Å². The zero-order valence-corrected chi connectivity index (χ0v) is 15.0. The predicted molar refractivity (Wildman–Crippen MR) is 94.4 cm³/mol. The van der Waals surface area contributed by atoms with Gasteiger partial charge in [-0.2, -0.15) is 5.10 Å². The zero-order valence-electron chi connectivity index (χ0n) is 13.4. The summed E-state index contributed by atoms with van der Waals surface area (Å²) in [5, 5.41) is 4.00. The minimum Gasteiger partial charge on any atom is -0.497 e. The molecule has 22 heavy (non-hydrogen) atoms. The van der Waals surface area contributed by atoms with Crippen molar-refractivity contribution in [2.45, 2.75) is 51.9 Å². The first-order chi connectivity index (χ1) is 10.7. The average molecular weight is 369 g/mol. The molecule has 1 amide bonds. The molecule has 1 N–H and O–H groups in total. The lowest BCUT2D eigenvalue weighted by molar-refractivity contribution is -0.121. The molecule has 0 aliphatic heterocycles. The maximum Gasteiger partial charge on any atom is 0.240 e. The van der Waals surface area contributed by atoms with Crippen molar-refractivity contribution in [3.8, 4) is 5.75 Å². The fourth-order valence-electron chi connectivity index (χ4n) is 2.04. The molecule has 0 aliphatic rings. The Morgan fingerprint density at radius 2 is 2.00 bits per heavy atom. The highest BCUT2D eigenvalue weighted by atomic mass is 79.9. The maximum absolute atomic E-state index is 11.7. The van der Waals surface area contributed by atoms with Crippen molar-refractivity contribution >= 4 is 28.1 Å². The minimum absolute atomic E-state index is 0.0363. The molecule has 0 aromatic heterocycles. The number of nitrogens with one attached hydrogen (secondary N) is 1. The van der Waals surface area contributed by atoms with Crippen molar-refractivity contribution in [3.63, 3.8) is 0 Å². The number of benzene rings is 1. The van der Waals surface area contributed by atoms with Gasteiger partial charge in [-0.15, -0.1) is 0 Å². The Morgan fingerprint density at radius 1 is 1.27 bits per heavy atom. The van der Waals surface area contributed by atoms with Crippen molar-refractivity contribution < 1.29 is 9.53 Å². The van der Waals surface area contributed by atoms with Crippen molar-refractivity contribution in [1.29, 1.82) is 0 Å². The predicted octanol–water partition coefficient (Wildman–Crippen LogP) is 4.66. The molecule has 0 spiro atoms. The van der Waals surface area contributed by atoms with Crippen LogP contribution in [0.2, 0.25) is 0 Å². The number of rotatable bonds is 10. The summed E-state index contributed by atoms with van der Waals surface area (Å²) >= 11 is 3.44. The molecular weight excluding hydrogens is 344 g/mol. The Kier molecular flexibility index (Phi) is 9.55. The summed E-state index contributed by atoms with van der Waals surface area (Å²) in [6, 6.07) is 5.60. The highest BCUT2D eigenvalue weighted by Crippen LogP contribution is 2.20. The van der Waals surface area contributed by atoms with Crippen LogP contribution in [0.4, 0.5) is 0 Å². The summed E-state index contributed by atoms with van der Waals surface area (Å²) < 4.78 is 6.07. The Bertz CT molecular complexity index is 490. The largest absolute Gasteiger partial charge is 0.497 e. The number of unbranched alkanes of at least 4 members (excludes halogenated alkanes) is 5. The summed E-state index contributed by atoms with van der Waals surface area (Å²) in [5.74, 6) is 0.716. The van der Waals surface area contributed by atoms with E-state index in [0.29, 0.717) is 6.42 Å². The number of hydrogen-bond acceptors (Lipinski definition) is 3. The number of carbonyl (C=O) groups excluding carboxylic acids is 1. The monoisotopic (exact) mass is 368 g/mol. The van der Waals surface area contributed by atoms with Gasteiger partial charge in [-0.25, -0.2) is 5.43 Å². The van der Waals surface area contributed by atoms with Gasteiger partial charge in [-0.05, 0) is 24.6 Å². The van der Waals surface area contributed by atoms with E-state index in [1.54, 1.807) is 13.3 Å². The van der Waals surface area contributed by atoms with E-state index >= 15 is 0 Å². The molecule has 0 aliphatic carbocycles. The number of ether oxygens (including phenoxy) is 1. The molecule has 1 aromatic carbocycles. The molecule has 1 rings (SSSR count). The molecule has 0 heterocycles. The number of amides is 1. The SMILES string of the molecule is CCCCCCCCC(=O)NN=Cc1cc(OC)ccc1Br.